The second-order valence-corrected chi connectivity index (χ2v) is 16.2. The minimum Gasteiger partial charge on any atom is -0.444 e. The number of carbonyl (C=O) groups excluding carboxylic acids is 3. The van der Waals surface area contributed by atoms with Gasteiger partial charge in [0.15, 0.2) is 0 Å². The van der Waals surface area contributed by atoms with Crippen LogP contribution < -0.4 is 11.1 Å². The molecule has 0 saturated carbocycles. The van der Waals surface area contributed by atoms with Crippen LogP contribution in [0.4, 0.5) is 22.4 Å². The number of benzene rings is 4. The van der Waals surface area contributed by atoms with E-state index in [-0.39, 0.29) is 47.9 Å². The van der Waals surface area contributed by atoms with E-state index in [2.05, 4.69) is 5.32 Å². The summed E-state index contributed by atoms with van der Waals surface area (Å²) in [6.07, 6.45) is 3.10. The topological polar surface area (TPSA) is 105 Å². The highest BCUT2D eigenvalue weighted by atomic mass is 19.1. The molecule has 0 radical (unpaired) electrons. The SMILES string of the molecule is CC(C)(N)C(=O)N1CC(c2cc(F)ccc2F)=CC(c2ccccc2)C1.CC(NC(=O)OC(C)(C)C)C(=O)N1CC(c2cc(F)ccc2F)=CC(c2ccccc2)C1. The van der Waals surface area contributed by atoms with Crippen LogP contribution in [0.2, 0.25) is 0 Å². The maximum atomic E-state index is 14.5. The van der Waals surface area contributed by atoms with E-state index in [9.17, 15) is 31.9 Å². The number of nitrogens with one attached hydrogen (secondary N) is 1. The minimum absolute atomic E-state index is 0.100. The fourth-order valence-corrected chi connectivity index (χ4v) is 6.90. The first-order chi connectivity index (χ1) is 27.3. The molecule has 0 saturated heterocycles. The first kappa shape index (κ1) is 43.4. The van der Waals surface area contributed by atoms with E-state index >= 15 is 0 Å². The lowest BCUT2D eigenvalue weighted by Gasteiger charge is -2.36. The number of carbonyl (C=O) groups is 3. The van der Waals surface area contributed by atoms with Crippen molar-refractivity contribution in [3.63, 3.8) is 0 Å². The third-order valence-corrected chi connectivity index (χ3v) is 9.62. The largest absolute Gasteiger partial charge is 0.444 e. The molecule has 3 N–H and O–H groups in total. The molecule has 2 heterocycles. The average Bonchev–Trinajstić information content (AvgIpc) is 3.18. The molecule has 6 rings (SSSR count). The predicted molar refractivity (Wildman–Crippen MR) is 217 cm³/mol. The summed E-state index contributed by atoms with van der Waals surface area (Å²) in [4.78, 5) is 41.2. The molecule has 58 heavy (non-hydrogen) atoms. The van der Waals surface area contributed by atoms with Crippen molar-refractivity contribution in [3.8, 4) is 0 Å². The Morgan fingerprint density at radius 2 is 1.12 bits per heavy atom. The van der Waals surface area contributed by atoms with Crippen LogP contribution in [0.1, 0.15) is 75.6 Å². The van der Waals surface area contributed by atoms with Gasteiger partial charge in [-0.1, -0.05) is 72.8 Å². The van der Waals surface area contributed by atoms with Gasteiger partial charge in [-0.2, -0.15) is 0 Å². The summed E-state index contributed by atoms with van der Waals surface area (Å²) in [7, 11) is 0. The van der Waals surface area contributed by atoms with Gasteiger partial charge >= 0.3 is 6.09 Å². The van der Waals surface area contributed by atoms with E-state index in [0.717, 1.165) is 41.5 Å². The van der Waals surface area contributed by atoms with Gasteiger partial charge in [-0.3, -0.25) is 9.59 Å². The van der Waals surface area contributed by atoms with Crippen molar-refractivity contribution in [1.29, 1.82) is 0 Å². The third kappa shape index (κ3) is 11.4. The van der Waals surface area contributed by atoms with Crippen LogP contribution in [-0.2, 0) is 14.3 Å². The summed E-state index contributed by atoms with van der Waals surface area (Å²) in [5, 5.41) is 2.56. The van der Waals surface area contributed by atoms with Gasteiger partial charge in [-0.05, 0) is 100 Å². The lowest BCUT2D eigenvalue weighted by Crippen LogP contribution is -2.53. The van der Waals surface area contributed by atoms with Crippen molar-refractivity contribution in [2.45, 2.75) is 70.6 Å². The van der Waals surface area contributed by atoms with Gasteiger partial charge in [0.05, 0.1) is 5.54 Å². The molecule has 2 aliphatic rings. The standard InChI is InChI=1S/C25H28F2N2O3.C21H22F2N2O/c1-16(28-24(31)32-25(2,3)4)23(30)29-14-18(17-8-6-5-7-9-17)12-19(15-29)21-13-20(26)10-11-22(21)27;1-21(2,24)20(26)25-12-15(14-6-4-3-5-7-14)10-16(13-25)18-11-17(22)8-9-19(18)23/h5-13,16,18H,14-15H2,1-4H3,(H,28,31);3-11,15H,12-13,24H2,1-2H3. The molecule has 3 amide bonds. The molecule has 0 fully saturated rings. The zero-order valence-electron chi connectivity index (χ0n) is 33.6. The third-order valence-electron chi connectivity index (χ3n) is 9.62. The van der Waals surface area contributed by atoms with Gasteiger partial charge < -0.3 is 25.6 Å². The van der Waals surface area contributed by atoms with Crippen molar-refractivity contribution in [2.24, 2.45) is 5.73 Å². The molecule has 0 aromatic heterocycles. The smallest absolute Gasteiger partial charge is 0.408 e. The van der Waals surface area contributed by atoms with Crippen LogP contribution in [-0.4, -0.2) is 71.1 Å². The molecular weight excluding hydrogens is 749 g/mol. The normalized spacial score (nSPS) is 17.6. The molecule has 0 aliphatic carbocycles. The predicted octanol–water partition coefficient (Wildman–Crippen LogP) is 8.60. The van der Waals surface area contributed by atoms with E-state index < -0.39 is 46.5 Å². The van der Waals surface area contributed by atoms with Gasteiger partial charge in [-0.15, -0.1) is 0 Å². The number of ether oxygens (including phenoxy) is 1. The average molecular weight is 799 g/mol. The van der Waals surface area contributed by atoms with Crippen molar-refractivity contribution < 1.29 is 36.7 Å². The summed E-state index contributed by atoms with van der Waals surface area (Å²) in [6, 6.07) is 25.0. The summed E-state index contributed by atoms with van der Waals surface area (Å²) in [5.74, 6) is -3.01. The molecular formula is C46H50F4N4O4. The highest BCUT2D eigenvalue weighted by Crippen LogP contribution is 2.33. The van der Waals surface area contributed by atoms with Gasteiger partial charge in [0.1, 0.15) is 34.9 Å². The fourth-order valence-electron chi connectivity index (χ4n) is 6.90. The fraction of sp³-hybridized carbons (Fsp3) is 0.326. The van der Waals surface area contributed by atoms with E-state index in [4.69, 9.17) is 10.5 Å². The molecule has 3 unspecified atom stereocenters. The molecule has 4 aromatic carbocycles. The van der Waals surface area contributed by atoms with Gasteiger partial charge in [0.25, 0.3) is 0 Å². The lowest BCUT2D eigenvalue weighted by atomic mass is 9.88. The molecule has 2 aliphatic heterocycles. The monoisotopic (exact) mass is 798 g/mol. The first-order valence-electron chi connectivity index (χ1n) is 19.1. The molecule has 12 heteroatoms. The molecule has 306 valence electrons. The number of nitrogens with zero attached hydrogens (tertiary/aromatic N) is 2. The van der Waals surface area contributed by atoms with Crippen LogP contribution >= 0.6 is 0 Å². The second-order valence-electron chi connectivity index (χ2n) is 16.2. The van der Waals surface area contributed by atoms with Crippen molar-refractivity contribution in [1.82, 2.24) is 15.1 Å². The molecule has 4 aromatic rings. The number of hydrogen-bond acceptors (Lipinski definition) is 5. The van der Waals surface area contributed by atoms with Crippen molar-refractivity contribution >= 4 is 29.1 Å². The highest BCUT2D eigenvalue weighted by Gasteiger charge is 2.34. The Balaban J connectivity index is 0.000000226. The highest BCUT2D eigenvalue weighted by molar-refractivity contribution is 5.88. The summed E-state index contributed by atoms with van der Waals surface area (Å²) >= 11 is 0. The van der Waals surface area contributed by atoms with E-state index in [1.807, 2.05) is 72.8 Å². The van der Waals surface area contributed by atoms with Crippen LogP contribution in [0.5, 0.6) is 0 Å². The number of hydrogen-bond donors (Lipinski definition) is 2. The Kier molecular flexibility index (Phi) is 13.6. The Bertz CT molecular complexity index is 2160. The van der Waals surface area contributed by atoms with Gasteiger partial charge in [0, 0.05) is 49.1 Å². The molecule has 0 bridgehead atoms. The van der Waals surface area contributed by atoms with Crippen LogP contribution in [0, 0.1) is 23.3 Å². The molecule has 8 nitrogen and oxygen atoms in total. The summed E-state index contributed by atoms with van der Waals surface area (Å²) < 4.78 is 61.6. The Hall–Kier alpha value is -5.75. The van der Waals surface area contributed by atoms with Gasteiger partial charge in [-0.25, -0.2) is 22.4 Å². The van der Waals surface area contributed by atoms with Gasteiger partial charge in [0.2, 0.25) is 11.8 Å². The van der Waals surface area contributed by atoms with Crippen LogP contribution in [0.25, 0.3) is 11.1 Å². The Morgan fingerprint density at radius 3 is 1.55 bits per heavy atom. The van der Waals surface area contributed by atoms with Crippen LogP contribution in [0.3, 0.4) is 0 Å². The number of rotatable bonds is 7. The summed E-state index contributed by atoms with van der Waals surface area (Å²) in [6.45, 7) is 11.2. The quantitative estimate of drug-likeness (QED) is 0.182. The maximum absolute atomic E-state index is 14.5. The maximum Gasteiger partial charge on any atom is 0.408 e. The lowest BCUT2D eigenvalue weighted by molar-refractivity contribution is -0.135. The second kappa shape index (κ2) is 18.2. The minimum atomic E-state index is -1.04. The van der Waals surface area contributed by atoms with Crippen molar-refractivity contribution in [3.05, 3.63) is 155 Å². The van der Waals surface area contributed by atoms with E-state index in [1.54, 1.807) is 51.3 Å². The summed E-state index contributed by atoms with van der Waals surface area (Å²) in [5.41, 5.74) is 7.61. The van der Waals surface area contributed by atoms with Crippen LogP contribution in [0.15, 0.2) is 109 Å². The number of alkyl carbamates (subject to hydrolysis) is 1. The van der Waals surface area contributed by atoms with E-state index in [1.165, 1.54) is 6.07 Å². The molecule has 3 atom stereocenters. The molecule has 0 spiro atoms. The zero-order valence-corrected chi connectivity index (χ0v) is 33.6. The number of halogens is 4. The number of amides is 3. The van der Waals surface area contributed by atoms with E-state index in [0.29, 0.717) is 24.2 Å². The zero-order chi connectivity index (χ0) is 42.4. The number of nitrogens with two attached hydrogens (primary N) is 1. The Labute approximate surface area is 337 Å². The van der Waals surface area contributed by atoms with Crippen molar-refractivity contribution in [2.75, 3.05) is 26.2 Å². The Morgan fingerprint density at radius 1 is 0.690 bits per heavy atom. The first-order valence-corrected chi connectivity index (χ1v) is 19.1.